The van der Waals surface area contributed by atoms with E-state index in [0.717, 1.165) is 22.4 Å². The van der Waals surface area contributed by atoms with Crippen LogP contribution in [0, 0.1) is 0 Å². The molecule has 90 valence electrons. The van der Waals surface area contributed by atoms with Gasteiger partial charge in [-0.15, -0.1) is 0 Å². The molecule has 0 saturated carbocycles. The summed E-state index contributed by atoms with van der Waals surface area (Å²) in [6, 6.07) is 6.06. The first-order chi connectivity index (χ1) is 8.20. The highest BCUT2D eigenvalue weighted by molar-refractivity contribution is 9.10. The smallest absolute Gasteiger partial charge is 0.0943 e. The molecule has 2 heterocycles. The Kier molecular flexibility index (Phi) is 3.91. The van der Waals surface area contributed by atoms with Crippen molar-refractivity contribution in [2.45, 2.75) is 13.0 Å². The summed E-state index contributed by atoms with van der Waals surface area (Å²) >= 11 is 3.39. The van der Waals surface area contributed by atoms with Gasteiger partial charge in [0.2, 0.25) is 0 Å². The van der Waals surface area contributed by atoms with E-state index >= 15 is 0 Å². The van der Waals surface area contributed by atoms with Crippen LogP contribution in [0.2, 0.25) is 0 Å². The monoisotopic (exact) mass is 294 g/mol. The third-order valence-corrected chi connectivity index (χ3v) is 2.95. The topological polar surface area (TPSA) is 42.7 Å². The molecule has 0 aliphatic rings. The highest BCUT2D eigenvalue weighted by Gasteiger charge is 2.16. The summed E-state index contributed by atoms with van der Waals surface area (Å²) in [4.78, 5) is 4.42. The first-order valence-corrected chi connectivity index (χ1v) is 6.34. The Labute approximate surface area is 109 Å². The molecule has 1 unspecified atom stereocenters. The van der Waals surface area contributed by atoms with Gasteiger partial charge in [-0.1, -0.05) is 6.92 Å². The molecule has 2 rings (SSSR count). The van der Waals surface area contributed by atoms with Gasteiger partial charge >= 0.3 is 0 Å². The summed E-state index contributed by atoms with van der Waals surface area (Å²) in [6.45, 7) is 2.95. The molecule has 0 bridgehead atoms. The molecule has 5 heteroatoms. The standard InChI is InChI=1S/C12H15BrN4/c1-3-14-12(11-6-7-17(2)16-11)10-5-4-9(13)8-15-10/h4-8,12,14H,3H2,1-2H3. The lowest BCUT2D eigenvalue weighted by molar-refractivity contribution is 0.587. The SMILES string of the molecule is CCNC(c1ccc(Br)cn1)c1ccn(C)n1. The highest BCUT2D eigenvalue weighted by Crippen LogP contribution is 2.19. The van der Waals surface area contributed by atoms with Gasteiger partial charge < -0.3 is 5.32 Å². The van der Waals surface area contributed by atoms with Crippen LogP contribution < -0.4 is 5.32 Å². The first kappa shape index (κ1) is 12.3. The van der Waals surface area contributed by atoms with Crippen LogP contribution in [0.5, 0.6) is 0 Å². The van der Waals surface area contributed by atoms with Gasteiger partial charge in [-0.2, -0.15) is 5.10 Å². The number of aromatic nitrogens is 3. The van der Waals surface area contributed by atoms with Crippen molar-refractivity contribution < 1.29 is 0 Å². The van der Waals surface area contributed by atoms with Crippen LogP contribution in [0.4, 0.5) is 0 Å². The number of nitrogens with zero attached hydrogens (tertiary/aromatic N) is 3. The van der Waals surface area contributed by atoms with E-state index in [0.29, 0.717) is 0 Å². The van der Waals surface area contributed by atoms with Crippen LogP contribution in [0.3, 0.4) is 0 Å². The molecule has 17 heavy (non-hydrogen) atoms. The van der Waals surface area contributed by atoms with Gasteiger partial charge in [0.25, 0.3) is 0 Å². The predicted octanol–water partition coefficient (Wildman–Crippen LogP) is 2.28. The van der Waals surface area contributed by atoms with Gasteiger partial charge in [-0.05, 0) is 40.7 Å². The molecule has 1 atom stereocenters. The van der Waals surface area contributed by atoms with Crippen LogP contribution in [-0.2, 0) is 7.05 Å². The van der Waals surface area contributed by atoms with E-state index in [4.69, 9.17) is 0 Å². The molecule has 2 aromatic rings. The number of nitrogens with one attached hydrogen (secondary N) is 1. The van der Waals surface area contributed by atoms with Gasteiger partial charge in [0.15, 0.2) is 0 Å². The number of halogens is 1. The Morgan fingerprint density at radius 3 is 2.71 bits per heavy atom. The quantitative estimate of drug-likeness (QED) is 0.941. The van der Waals surface area contributed by atoms with Gasteiger partial charge in [0, 0.05) is 23.9 Å². The van der Waals surface area contributed by atoms with E-state index in [1.54, 1.807) is 4.68 Å². The van der Waals surface area contributed by atoms with E-state index in [1.807, 2.05) is 37.6 Å². The summed E-state index contributed by atoms with van der Waals surface area (Å²) in [7, 11) is 1.92. The van der Waals surface area contributed by atoms with Crippen molar-refractivity contribution in [3.05, 3.63) is 46.5 Å². The number of aryl methyl sites for hydroxylation is 1. The number of rotatable bonds is 4. The molecule has 0 fully saturated rings. The van der Waals surface area contributed by atoms with Crippen LogP contribution in [0.25, 0.3) is 0 Å². The number of hydrogen-bond donors (Lipinski definition) is 1. The molecule has 1 N–H and O–H groups in total. The molecule has 4 nitrogen and oxygen atoms in total. The van der Waals surface area contributed by atoms with Crippen molar-refractivity contribution in [1.82, 2.24) is 20.1 Å². The summed E-state index contributed by atoms with van der Waals surface area (Å²) in [6.07, 6.45) is 3.75. The van der Waals surface area contributed by atoms with Crippen LogP contribution in [0.1, 0.15) is 24.4 Å². The number of pyridine rings is 1. The largest absolute Gasteiger partial charge is 0.304 e. The lowest BCUT2D eigenvalue weighted by Crippen LogP contribution is -2.23. The molecule has 0 spiro atoms. The molecule has 0 aromatic carbocycles. The van der Waals surface area contributed by atoms with E-state index < -0.39 is 0 Å². The second-order valence-electron chi connectivity index (χ2n) is 3.81. The molecule has 0 aliphatic carbocycles. The second kappa shape index (κ2) is 5.42. The minimum atomic E-state index is 0.0503. The zero-order valence-corrected chi connectivity index (χ0v) is 11.5. The summed E-state index contributed by atoms with van der Waals surface area (Å²) < 4.78 is 2.79. The maximum Gasteiger partial charge on any atom is 0.0943 e. The Morgan fingerprint density at radius 1 is 1.35 bits per heavy atom. The van der Waals surface area contributed by atoms with Crippen LogP contribution in [-0.4, -0.2) is 21.3 Å². The average Bonchev–Trinajstić information content (AvgIpc) is 2.74. The van der Waals surface area contributed by atoms with Crippen LogP contribution >= 0.6 is 15.9 Å². The van der Waals surface area contributed by atoms with Crippen molar-refractivity contribution >= 4 is 15.9 Å². The average molecular weight is 295 g/mol. The van der Waals surface area contributed by atoms with Crippen molar-refractivity contribution in [2.24, 2.45) is 7.05 Å². The molecule has 2 aromatic heterocycles. The van der Waals surface area contributed by atoms with Crippen molar-refractivity contribution in [1.29, 1.82) is 0 Å². The molecule has 0 saturated heterocycles. The lowest BCUT2D eigenvalue weighted by Gasteiger charge is -2.15. The zero-order chi connectivity index (χ0) is 12.3. The van der Waals surface area contributed by atoms with E-state index in [-0.39, 0.29) is 6.04 Å². The fourth-order valence-corrected chi connectivity index (χ4v) is 1.94. The van der Waals surface area contributed by atoms with E-state index in [1.165, 1.54) is 0 Å². The number of hydrogen-bond acceptors (Lipinski definition) is 3. The Balaban J connectivity index is 2.31. The Morgan fingerprint density at radius 2 is 2.18 bits per heavy atom. The normalized spacial score (nSPS) is 12.6. The summed E-state index contributed by atoms with van der Waals surface area (Å²) in [5, 5.41) is 7.83. The van der Waals surface area contributed by atoms with Gasteiger partial charge in [0.1, 0.15) is 0 Å². The third kappa shape index (κ3) is 2.92. The Hall–Kier alpha value is -1.20. The minimum Gasteiger partial charge on any atom is -0.304 e. The van der Waals surface area contributed by atoms with Gasteiger partial charge in [0.05, 0.1) is 17.4 Å². The third-order valence-electron chi connectivity index (χ3n) is 2.48. The molecular formula is C12H15BrN4. The minimum absolute atomic E-state index is 0.0503. The zero-order valence-electron chi connectivity index (χ0n) is 9.89. The van der Waals surface area contributed by atoms with Crippen LogP contribution in [0.15, 0.2) is 35.1 Å². The fraction of sp³-hybridized carbons (Fsp3) is 0.333. The summed E-state index contributed by atoms with van der Waals surface area (Å²) in [5.74, 6) is 0. The Bertz CT molecular complexity index is 478. The molecule has 0 amide bonds. The summed E-state index contributed by atoms with van der Waals surface area (Å²) in [5.41, 5.74) is 1.97. The highest BCUT2D eigenvalue weighted by atomic mass is 79.9. The lowest BCUT2D eigenvalue weighted by atomic mass is 10.1. The van der Waals surface area contributed by atoms with Gasteiger partial charge in [-0.25, -0.2) is 0 Å². The molecular weight excluding hydrogens is 280 g/mol. The second-order valence-corrected chi connectivity index (χ2v) is 4.72. The first-order valence-electron chi connectivity index (χ1n) is 5.55. The maximum absolute atomic E-state index is 4.43. The molecule has 0 radical (unpaired) electrons. The van der Waals surface area contributed by atoms with Crippen molar-refractivity contribution in [2.75, 3.05) is 6.54 Å². The predicted molar refractivity (Wildman–Crippen MR) is 70.7 cm³/mol. The van der Waals surface area contributed by atoms with E-state index in [2.05, 4.69) is 38.3 Å². The van der Waals surface area contributed by atoms with Crippen molar-refractivity contribution in [3.8, 4) is 0 Å². The van der Waals surface area contributed by atoms with Gasteiger partial charge in [-0.3, -0.25) is 9.67 Å². The fourth-order valence-electron chi connectivity index (χ4n) is 1.71. The maximum atomic E-state index is 4.43. The molecule has 0 aliphatic heterocycles. The van der Waals surface area contributed by atoms with Crippen molar-refractivity contribution in [3.63, 3.8) is 0 Å². The van der Waals surface area contributed by atoms with E-state index in [9.17, 15) is 0 Å².